The van der Waals surface area contributed by atoms with Crippen LogP contribution in [0.25, 0.3) is 0 Å². The predicted molar refractivity (Wildman–Crippen MR) is 95.9 cm³/mol. The minimum Gasteiger partial charge on any atom is -0.382 e. The maximum Gasteiger partial charge on any atom is 0.243 e. The van der Waals surface area contributed by atoms with Gasteiger partial charge >= 0.3 is 0 Å². The van der Waals surface area contributed by atoms with Crippen molar-refractivity contribution in [2.24, 2.45) is 0 Å². The van der Waals surface area contributed by atoms with E-state index in [-0.39, 0.29) is 10.9 Å². The van der Waals surface area contributed by atoms with Gasteiger partial charge in [-0.05, 0) is 61.4 Å². The van der Waals surface area contributed by atoms with E-state index in [0.717, 1.165) is 23.0 Å². The Hall–Kier alpha value is -1.44. The van der Waals surface area contributed by atoms with Crippen molar-refractivity contribution in [3.05, 3.63) is 58.8 Å². The predicted octanol–water partition coefficient (Wildman–Crippen LogP) is 3.85. The van der Waals surface area contributed by atoms with Gasteiger partial charge < -0.3 is 5.32 Å². The summed E-state index contributed by atoms with van der Waals surface area (Å²) < 4.78 is 40.6. The van der Waals surface area contributed by atoms with Gasteiger partial charge in [0, 0.05) is 29.3 Å². The third kappa shape index (κ3) is 3.96. The topological polar surface area (TPSA) is 49.4 Å². The van der Waals surface area contributed by atoms with Crippen molar-refractivity contribution in [2.45, 2.75) is 23.8 Å². The Labute approximate surface area is 149 Å². The summed E-state index contributed by atoms with van der Waals surface area (Å²) in [7, 11) is -3.55. The van der Waals surface area contributed by atoms with Crippen LogP contribution in [0.4, 0.5) is 10.1 Å². The van der Waals surface area contributed by atoms with Crippen molar-refractivity contribution in [3.8, 4) is 0 Å². The molecule has 24 heavy (non-hydrogen) atoms. The zero-order chi connectivity index (χ0) is 17.2. The molecule has 0 aromatic heterocycles. The Bertz CT molecular complexity index is 786. The number of benzene rings is 2. The van der Waals surface area contributed by atoms with Gasteiger partial charge in [-0.15, -0.1) is 0 Å². The molecule has 0 atom stereocenters. The Balaban J connectivity index is 1.62. The molecule has 1 heterocycles. The van der Waals surface area contributed by atoms with Crippen molar-refractivity contribution >= 4 is 31.6 Å². The lowest BCUT2D eigenvalue weighted by molar-refractivity contribution is 0.329. The fourth-order valence-electron chi connectivity index (χ4n) is 2.78. The number of nitrogens with zero attached hydrogens (tertiary/aromatic N) is 1. The quantitative estimate of drug-likeness (QED) is 0.829. The number of halogens is 2. The number of sulfonamides is 1. The highest BCUT2D eigenvalue weighted by Crippen LogP contribution is 2.23. The Morgan fingerprint density at radius 3 is 2.17 bits per heavy atom. The number of nitrogens with one attached hydrogen (secondary N) is 1. The van der Waals surface area contributed by atoms with Crippen LogP contribution in [-0.2, 0) is 10.0 Å². The summed E-state index contributed by atoms with van der Waals surface area (Å²) in [5.74, 6) is -0.439. The summed E-state index contributed by atoms with van der Waals surface area (Å²) in [5.41, 5.74) is 1.03. The third-order valence-corrected chi connectivity index (χ3v) is 6.56. The van der Waals surface area contributed by atoms with E-state index in [1.807, 2.05) is 24.3 Å². The van der Waals surface area contributed by atoms with Crippen LogP contribution in [0.3, 0.4) is 0 Å². The van der Waals surface area contributed by atoms with Crippen LogP contribution in [0, 0.1) is 5.82 Å². The fourth-order valence-corrected chi connectivity index (χ4v) is 4.51. The first-order valence-electron chi connectivity index (χ1n) is 7.73. The molecule has 128 valence electrons. The molecule has 7 heteroatoms. The van der Waals surface area contributed by atoms with Gasteiger partial charge in [-0.25, -0.2) is 12.8 Å². The number of rotatable bonds is 4. The van der Waals surface area contributed by atoms with Crippen LogP contribution in [0.2, 0.25) is 0 Å². The third-order valence-electron chi connectivity index (χ3n) is 4.12. The highest BCUT2D eigenvalue weighted by atomic mass is 79.9. The van der Waals surface area contributed by atoms with Crippen molar-refractivity contribution in [1.82, 2.24) is 4.31 Å². The smallest absolute Gasteiger partial charge is 0.243 e. The second kappa shape index (κ2) is 7.21. The Morgan fingerprint density at radius 1 is 1.00 bits per heavy atom. The van der Waals surface area contributed by atoms with Gasteiger partial charge in [-0.2, -0.15) is 4.31 Å². The summed E-state index contributed by atoms with van der Waals surface area (Å²) in [5, 5.41) is 3.44. The molecular formula is C17H18BrFN2O2S. The molecule has 0 unspecified atom stereocenters. The van der Waals surface area contributed by atoms with E-state index in [1.54, 1.807) is 0 Å². The lowest BCUT2D eigenvalue weighted by atomic mass is 10.1. The van der Waals surface area contributed by atoms with E-state index in [4.69, 9.17) is 0 Å². The molecule has 0 bridgehead atoms. The standard InChI is InChI=1S/C17H18BrFN2O2S/c18-13-1-5-15(6-2-13)20-16-9-11-21(12-10-16)24(22,23)17-7-3-14(19)4-8-17/h1-8,16,20H,9-12H2. The van der Waals surface area contributed by atoms with E-state index >= 15 is 0 Å². The van der Waals surface area contributed by atoms with Crippen molar-refractivity contribution in [1.29, 1.82) is 0 Å². The molecule has 1 aliphatic rings. The van der Waals surface area contributed by atoms with Crippen LogP contribution in [-0.4, -0.2) is 31.9 Å². The second-order valence-corrected chi connectivity index (χ2v) is 8.64. The SMILES string of the molecule is O=S(=O)(c1ccc(F)cc1)N1CCC(Nc2ccc(Br)cc2)CC1. The maximum atomic E-state index is 13.0. The Kier molecular flexibility index (Phi) is 5.22. The number of piperidine rings is 1. The average molecular weight is 413 g/mol. The number of hydrogen-bond acceptors (Lipinski definition) is 3. The van der Waals surface area contributed by atoms with E-state index in [0.29, 0.717) is 13.1 Å². The minimum absolute atomic E-state index is 0.142. The molecule has 0 saturated carbocycles. The molecule has 2 aromatic carbocycles. The van der Waals surface area contributed by atoms with Crippen LogP contribution in [0.15, 0.2) is 57.9 Å². The van der Waals surface area contributed by atoms with Gasteiger partial charge in [0.1, 0.15) is 5.82 Å². The molecule has 0 spiro atoms. The molecule has 1 N–H and O–H groups in total. The van der Waals surface area contributed by atoms with Gasteiger partial charge in [0.25, 0.3) is 0 Å². The molecule has 1 saturated heterocycles. The lowest BCUT2D eigenvalue weighted by Gasteiger charge is -2.32. The summed E-state index contributed by atoms with van der Waals surface area (Å²) in [4.78, 5) is 0.142. The number of hydrogen-bond donors (Lipinski definition) is 1. The zero-order valence-electron chi connectivity index (χ0n) is 13.0. The van der Waals surface area contributed by atoms with E-state index in [9.17, 15) is 12.8 Å². The molecule has 4 nitrogen and oxygen atoms in total. The lowest BCUT2D eigenvalue weighted by Crippen LogP contribution is -2.42. The highest BCUT2D eigenvalue weighted by Gasteiger charge is 2.29. The average Bonchev–Trinajstić information content (AvgIpc) is 2.58. The monoisotopic (exact) mass is 412 g/mol. The maximum absolute atomic E-state index is 13.0. The summed E-state index contributed by atoms with van der Waals surface area (Å²) in [6, 6.07) is 13.1. The second-order valence-electron chi connectivity index (χ2n) is 5.78. The normalized spacial score (nSPS) is 16.9. The van der Waals surface area contributed by atoms with Gasteiger partial charge in [0.15, 0.2) is 0 Å². The van der Waals surface area contributed by atoms with Gasteiger partial charge in [-0.3, -0.25) is 0 Å². The van der Waals surface area contributed by atoms with Crippen molar-refractivity contribution in [2.75, 3.05) is 18.4 Å². The van der Waals surface area contributed by atoms with Crippen LogP contribution < -0.4 is 5.32 Å². The summed E-state index contributed by atoms with van der Waals surface area (Å²) in [6.45, 7) is 0.905. The summed E-state index contributed by atoms with van der Waals surface area (Å²) in [6.07, 6.45) is 1.47. The number of anilines is 1. The minimum atomic E-state index is -3.55. The molecule has 2 aromatic rings. The van der Waals surface area contributed by atoms with E-state index in [1.165, 1.54) is 28.6 Å². The Morgan fingerprint density at radius 2 is 1.58 bits per heavy atom. The molecule has 0 aliphatic carbocycles. The molecule has 3 rings (SSSR count). The largest absolute Gasteiger partial charge is 0.382 e. The molecule has 0 radical (unpaired) electrons. The molecule has 1 fully saturated rings. The van der Waals surface area contributed by atoms with E-state index < -0.39 is 15.8 Å². The van der Waals surface area contributed by atoms with Crippen molar-refractivity contribution in [3.63, 3.8) is 0 Å². The van der Waals surface area contributed by atoms with Gasteiger partial charge in [0.2, 0.25) is 10.0 Å². The first-order chi connectivity index (χ1) is 11.4. The molecule has 0 amide bonds. The van der Waals surface area contributed by atoms with Crippen LogP contribution in [0.1, 0.15) is 12.8 Å². The molecule has 1 aliphatic heterocycles. The van der Waals surface area contributed by atoms with Crippen molar-refractivity contribution < 1.29 is 12.8 Å². The summed E-state index contributed by atoms with van der Waals surface area (Å²) >= 11 is 3.40. The zero-order valence-corrected chi connectivity index (χ0v) is 15.4. The van der Waals surface area contributed by atoms with Crippen LogP contribution in [0.5, 0.6) is 0 Å². The van der Waals surface area contributed by atoms with Gasteiger partial charge in [0.05, 0.1) is 4.90 Å². The fraction of sp³-hybridized carbons (Fsp3) is 0.294. The van der Waals surface area contributed by atoms with Gasteiger partial charge in [-0.1, -0.05) is 15.9 Å². The van der Waals surface area contributed by atoms with Crippen LogP contribution >= 0.6 is 15.9 Å². The highest BCUT2D eigenvalue weighted by molar-refractivity contribution is 9.10. The first kappa shape index (κ1) is 17.4. The first-order valence-corrected chi connectivity index (χ1v) is 9.96. The molecular weight excluding hydrogens is 395 g/mol. The van der Waals surface area contributed by atoms with E-state index in [2.05, 4.69) is 21.2 Å².